The van der Waals surface area contributed by atoms with Gasteiger partial charge in [0, 0.05) is 5.39 Å². The Hall–Kier alpha value is -4.37. The number of rotatable bonds is 4. The van der Waals surface area contributed by atoms with E-state index < -0.39 is 11.6 Å². The summed E-state index contributed by atoms with van der Waals surface area (Å²) in [5, 5.41) is 13.0. The van der Waals surface area contributed by atoms with E-state index in [0.717, 1.165) is 22.1 Å². The summed E-state index contributed by atoms with van der Waals surface area (Å²) in [5.74, 6) is 0.0449. The van der Waals surface area contributed by atoms with Crippen LogP contribution < -0.4 is 5.32 Å². The molecule has 1 N–H and O–H groups in total. The van der Waals surface area contributed by atoms with Crippen LogP contribution in [-0.2, 0) is 16.9 Å². The summed E-state index contributed by atoms with van der Waals surface area (Å²) in [7, 11) is 0. The molecule has 0 spiro atoms. The first-order valence-electron chi connectivity index (χ1n) is 10.2. The zero-order valence-corrected chi connectivity index (χ0v) is 17.3. The Morgan fingerprint density at radius 3 is 2.47 bits per heavy atom. The molecule has 1 aromatic heterocycles. The molecule has 6 nitrogen and oxygen atoms in total. The SMILES string of the molecule is C[C@]1(c2cc3ccccc3o2)NC(=O)N(Cc2ccc(-c3ccccc3C#N)cc2)C1=O. The molecule has 1 aliphatic rings. The van der Waals surface area contributed by atoms with Crippen molar-refractivity contribution in [2.75, 3.05) is 0 Å². The van der Waals surface area contributed by atoms with Gasteiger partial charge in [-0.25, -0.2) is 4.79 Å². The quantitative estimate of drug-likeness (QED) is 0.473. The highest BCUT2D eigenvalue weighted by molar-refractivity contribution is 6.07. The zero-order chi connectivity index (χ0) is 22.3. The van der Waals surface area contributed by atoms with Crippen LogP contribution in [0.25, 0.3) is 22.1 Å². The molecule has 6 heteroatoms. The lowest BCUT2D eigenvalue weighted by Gasteiger charge is -2.19. The Morgan fingerprint density at radius 1 is 1.00 bits per heavy atom. The van der Waals surface area contributed by atoms with E-state index in [1.165, 1.54) is 4.90 Å². The summed E-state index contributed by atoms with van der Waals surface area (Å²) in [6.07, 6.45) is 0. The first-order valence-corrected chi connectivity index (χ1v) is 10.2. The third-order valence-corrected chi connectivity index (χ3v) is 5.85. The predicted octanol–water partition coefficient (Wildman–Crippen LogP) is 4.94. The maximum atomic E-state index is 13.2. The predicted molar refractivity (Wildman–Crippen MR) is 119 cm³/mol. The second-order valence-electron chi connectivity index (χ2n) is 7.95. The summed E-state index contributed by atoms with van der Waals surface area (Å²) in [5.41, 5.74) is 2.54. The minimum absolute atomic E-state index is 0.140. The van der Waals surface area contributed by atoms with Crippen molar-refractivity contribution < 1.29 is 14.0 Å². The third kappa shape index (κ3) is 3.12. The number of imide groups is 1. The largest absolute Gasteiger partial charge is 0.458 e. The Balaban J connectivity index is 1.39. The van der Waals surface area contributed by atoms with Crippen molar-refractivity contribution in [1.82, 2.24) is 10.2 Å². The Bertz CT molecular complexity index is 1360. The van der Waals surface area contributed by atoms with E-state index in [2.05, 4.69) is 11.4 Å². The number of carbonyl (C=O) groups excluding carboxylic acids is 2. The maximum absolute atomic E-state index is 13.2. The highest BCUT2D eigenvalue weighted by Gasteiger charge is 2.51. The van der Waals surface area contributed by atoms with Gasteiger partial charge in [0.15, 0.2) is 5.54 Å². The van der Waals surface area contributed by atoms with Gasteiger partial charge in [0.2, 0.25) is 0 Å². The van der Waals surface area contributed by atoms with Gasteiger partial charge in [-0.1, -0.05) is 60.7 Å². The number of furan rings is 1. The van der Waals surface area contributed by atoms with Gasteiger partial charge in [-0.2, -0.15) is 5.26 Å². The number of fused-ring (bicyclic) bond motifs is 1. The normalized spacial score (nSPS) is 18.1. The van der Waals surface area contributed by atoms with Crippen LogP contribution in [0.4, 0.5) is 4.79 Å². The van der Waals surface area contributed by atoms with Crippen molar-refractivity contribution in [3.63, 3.8) is 0 Å². The van der Waals surface area contributed by atoms with Gasteiger partial charge in [-0.05, 0) is 41.8 Å². The summed E-state index contributed by atoms with van der Waals surface area (Å²) < 4.78 is 5.87. The van der Waals surface area contributed by atoms with Crippen molar-refractivity contribution in [3.8, 4) is 17.2 Å². The van der Waals surface area contributed by atoms with Crippen LogP contribution in [0.15, 0.2) is 83.3 Å². The van der Waals surface area contributed by atoms with E-state index in [1.54, 1.807) is 19.1 Å². The smallest absolute Gasteiger partial charge is 0.325 e. The molecule has 2 heterocycles. The lowest BCUT2D eigenvalue weighted by molar-refractivity contribution is -0.132. The molecule has 3 aromatic carbocycles. The fourth-order valence-corrected chi connectivity index (χ4v) is 4.04. The van der Waals surface area contributed by atoms with Crippen LogP contribution in [0.1, 0.15) is 23.8 Å². The van der Waals surface area contributed by atoms with E-state index in [4.69, 9.17) is 4.42 Å². The molecule has 0 saturated carbocycles. The van der Waals surface area contributed by atoms with Crippen LogP contribution in [0.3, 0.4) is 0 Å². The van der Waals surface area contributed by atoms with Gasteiger partial charge >= 0.3 is 6.03 Å². The number of carbonyl (C=O) groups is 2. The van der Waals surface area contributed by atoms with Crippen molar-refractivity contribution >= 4 is 22.9 Å². The molecule has 32 heavy (non-hydrogen) atoms. The molecule has 1 atom stereocenters. The molecular weight excluding hydrogens is 402 g/mol. The highest BCUT2D eigenvalue weighted by atomic mass is 16.3. The number of benzene rings is 3. The van der Waals surface area contributed by atoms with Gasteiger partial charge in [0.05, 0.1) is 18.2 Å². The molecule has 1 saturated heterocycles. The van der Waals surface area contributed by atoms with E-state index in [0.29, 0.717) is 16.9 Å². The van der Waals surface area contributed by atoms with Gasteiger partial charge in [0.1, 0.15) is 11.3 Å². The lowest BCUT2D eigenvalue weighted by atomic mass is 9.98. The summed E-state index contributed by atoms with van der Waals surface area (Å²) in [6, 6.07) is 25.9. The summed E-state index contributed by atoms with van der Waals surface area (Å²) >= 11 is 0. The molecule has 0 radical (unpaired) electrons. The van der Waals surface area contributed by atoms with Gasteiger partial charge in [0.25, 0.3) is 5.91 Å². The average Bonchev–Trinajstić information content (AvgIpc) is 3.35. The van der Waals surface area contributed by atoms with Crippen molar-refractivity contribution in [3.05, 3.63) is 95.7 Å². The molecule has 0 unspecified atom stereocenters. The van der Waals surface area contributed by atoms with Crippen LogP contribution in [-0.4, -0.2) is 16.8 Å². The van der Waals surface area contributed by atoms with Crippen LogP contribution in [0, 0.1) is 11.3 Å². The number of hydrogen-bond donors (Lipinski definition) is 1. The van der Waals surface area contributed by atoms with Gasteiger partial charge in [-0.15, -0.1) is 0 Å². The fraction of sp³-hybridized carbons (Fsp3) is 0.115. The van der Waals surface area contributed by atoms with Gasteiger partial charge in [-0.3, -0.25) is 9.69 Å². The molecular formula is C26H19N3O3. The number of hydrogen-bond acceptors (Lipinski definition) is 4. The number of urea groups is 1. The monoisotopic (exact) mass is 421 g/mol. The van der Waals surface area contributed by atoms with Crippen molar-refractivity contribution in [2.45, 2.75) is 19.0 Å². The number of nitriles is 1. The van der Waals surface area contributed by atoms with E-state index in [-0.39, 0.29) is 12.5 Å². The lowest BCUT2D eigenvalue weighted by Crippen LogP contribution is -2.40. The summed E-state index contributed by atoms with van der Waals surface area (Å²) in [6.45, 7) is 1.80. The standard InChI is InChI=1S/C26H19N3O3/c1-26(23-14-19-6-3-5-9-22(19)32-23)24(30)29(25(31)28-26)16-17-10-12-18(13-11-17)21-8-4-2-7-20(21)15-27/h2-14H,16H2,1H3,(H,28,31)/t26-/m1/s1. The minimum Gasteiger partial charge on any atom is -0.458 e. The number of nitrogens with one attached hydrogen (secondary N) is 1. The fourth-order valence-electron chi connectivity index (χ4n) is 4.04. The van der Waals surface area contributed by atoms with Crippen molar-refractivity contribution in [1.29, 1.82) is 5.26 Å². The molecule has 0 bridgehead atoms. The van der Waals surface area contributed by atoms with Crippen LogP contribution in [0.2, 0.25) is 0 Å². The van der Waals surface area contributed by atoms with E-state index in [9.17, 15) is 14.9 Å². The van der Waals surface area contributed by atoms with Crippen molar-refractivity contribution in [2.24, 2.45) is 0 Å². The average molecular weight is 421 g/mol. The van der Waals surface area contributed by atoms with Gasteiger partial charge < -0.3 is 9.73 Å². The Kier molecular flexibility index (Phi) is 4.53. The first kappa shape index (κ1) is 19.6. The van der Waals surface area contributed by atoms with Crippen LogP contribution >= 0.6 is 0 Å². The number of nitrogens with zero attached hydrogens (tertiary/aromatic N) is 2. The van der Waals surface area contributed by atoms with Crippen LogP contribution in [0.5, 0.6) is 0 Å². The van der Waals surface area contributed by atoms with E-state index >= 15 is 0 Å². The molecule has 1 fully saturated rings. The van der Waals surface area contributed by atoms with E-state index in [1.807, 2.05) is 66.7 Å². The minimum atomic E-state index is -1.26. The molecule has 4 aromatic rings. The number of para-hydroxylation sites is 1. The topological polar surface area (TPSA) is 86.3 Å². The molecule has 3 amide bonds. The summed E-state index contributed by atoms with van der Waals surface area (Å²) in [4.78, 5) is 27.1. The molecule has 1 aliphatic heterocycles. The maximum Gasteiger partial charge on any atom is 0.325 e. The second-order valence-corrected chi connectivity index (χ2v) is 7.95. The number of amides is 3. The molecule has 0 aliphatic carbocycles. The Labute approximate surface area is 184 Å². The Morgan fingerprint density at radius 2 is 1.72 bits per heavy atom. The molecule has 5 rings (SSSR count). The zero-order valence-electron chi connectivity index (χ0n) is 17.3. The third-order valence-electron chi connectivity index (χ3n) is 5.85. The highest BCUT2D eigenvalue weighted by Crippen LogP contribution is 2.34. The molecule has 156 valence electrons. The second kappa shape index (κ2) is 7.40. The first-order chi connectivity index (χ1) is 15.5.